The van der Waals surface area contributed by atoms with Crippen LogP contribution in [0.5, 0.6) is 0 Å². The van der Waals surface area contributed by atoms with E-state index in [-0.39, 0.29) is 17.5 Å². The monoisotopic (exact) mass is 315 g/mol. The van der Waals surface area contributed by atoms with Gasteiger partial charge in [-0.05, 0) is 31.2 Å². The molecule has 2 N–H and O–H groups in total. The summed E-state index contributed by atoms with van der Waals surface area (Å²) in [5, 5.41) is 0. The molecule has 118 valence electrons. The van der Waals surface area contributed by atoms with Crippen LogP contribution in [0.3, 0.4) is 0 Å². The van der Waals surface area contributed by atoms with Gasteiger partial charge in [0.05, 0.1) is 0 Å². The Morgan fingerprint density at radius 2 is 2.10 bits per heavy atom. The molecule has 1 aliphatic rings. The topological polar surface area (TPSA) is 66.6 Å². The molecule has 0 amide bonds. The molecule has 1 saturated heterocycles. The lowest BCUT2D eigenvalue weighted by atomic mass is 10.1. The van der Waals surface area contributed by atoms with Crippen LogP contribution in [0.25, 0.3) is 0 Å². The highest BCUT2D eigenvalue weighted by molar-refractivity contribution is 7.89. The Morgan fingerprint density at radius 3 is 2.67 bits per heavy atom. The summed E-state index contributed by atoms with van der Waals surface area (Å²) in [5.74, 6) is -0.732. The molecule has 1 fully saturated rings. The van der Waals surface area contributed by atoms with E-state index in [9.17, 15) is 12.8 Å². The van der Waals surface area contributed by atoms with Gasteiger partial charge in [-0.3, -0.25) is 0 Å². The Hall–Kier alpha value is -1.02. The molecule has 21 heavy (non-hydrogen) atoms. The first-order chi connectivity index (χ1) is 9.90. The average Bonchev–Trinajstić information content (AvgIpc) is 2.47. The smallest absolute Gasteiger partial charge is 0.246 e. The molecule has 1 unspecified atom stereocenters. The lowest BCUT2D eigenvalue weighted by Gasteiger charge is -2.38. The van der Waals surface area contributed by atoms with Crippen LogP contribution in [0.15, 0.2) is 23.1 Å². The Bertz CT molecular complexity index is 606. The van der Waals surface area contributed by atoms with Crippen LogP contribution in [-0.2, 0) is 16.6 Å². The SMILES string of the molecule is CCC1CN(S(=O)(=O)c2ccc(CN)cc2F)CCN1C. The Balaban J connectivity index is 2.30. The Labute approximate surface area is 125 Å². The van der Waals surface area contributed by atoms with Crippen LogP contribution >= 0.6 is 0 Å². The van der Waals surface area contributed by atoms with Crippen molar-refractivity contribution in [2.24, 2.45) is 5.73 Å². The maximum atomic E-state index is 14.1. The van der Waals surface area contributed by atoms with Crippen molar-refractivity contribution in [3.63, 3.8) is 0 Å². The van der Waals surface area contributed by atoms with E-state index in [2.05, 4.69) is 4.90 Å². The molecule has 1 aliphatic heterocycles. The summed E-state index contributed by atoms with van der Waals surface area (Å²) in [7, 11) is -1.81. The minimum atomic E-state index is -3.79. The lowest BCUT2D eigenvalue weighted by molar-refractivity contribution is 0.144. The number of hydrogen-bond donors (Lipinski definition) is 1. The highest BCUT2D eigenvalue weighted by Crippen LogP contribution is 2.23. The molecule has 5 nitrogen and oxygen atoms in total. The normalized spacial score (nSPS) is 21.6. The number of nitrogens with zero attached hydrogens (tertiary/aromatic N) is 2. The maximum Gasteiger partial charge on any atom is 0.246 e. The molecule has 1 aromatic carbocycles. The van der Waals surface area contributed by atoms with E-state index in [1.54, 1.807) is 6.07 Å². The van der Waals surface area contributed by atoms with Gasteiger partial charge in [-0.2, -0.15) is 4.31 Å². The van der Waals surface area contributed by atoms with E-state index in [1.807, 2.05) is 14.0 Å². The Morgan fingerprint density at radius 1 is 1.38 bits per heavy atom. The highest BCUT2D eigenvalue weighted by atomic mass is 32.2. The Kier molecular flexibility index (Phi) is 4.98. The standard InChI is InChI=1S/C14H22FN3O2S/c1-3-12-10-18(7-6-17(12)2)21(19,20)14-5-4-11(9-16)8-13(14)15/h4-5,8,12H,3,6-7,9-10,16H2,1-2H3. The van der Waals surface area contributed by atoms with Gasteiger partial charge < -0.3 is 10.6 Å². The van der Waals surface area contributed by atoms with Crippen molar-refractivity contribution in [2.75, 3.05) is 26.7 Å². The third kappa shape index (κ3) is 3.26. The zero-order chi connectivity index (χ0) is 15.6. The number of hydrogen-bond acceptors (Lipinski definition) is 4. The van der Waals surface area contributed by atoms with Gasteiger partial charge in [-0.1, -0.05) is 13.0 Å². The average molecular weight is 315 g/mol. The third-order valence-electron chi connectivity index (χ3n) is 4.06. The highest BCUT2D eigenvalue weighted by Gasteiger charge is 2.33. The summed E-state index contributed by atoms with van der Waals surface area (Å²) < 4.78 is 40.7. The molecule has 7 heteroatoms. The van der Waals surface area contributed by atoms with Crippen molar-refractivity contribution >= 4 is 10.0 Å². The van der Waals surface area contributed by atoms with Crippen molar-refractivity contribution < 1.29 is 12.8 Å². The number of rotatable bonds is 4. The minimum absolute atomic E-state index is 0.167. The third-order valence-corrected chi connectivity index (χ3v) is 5.96. The van der Waals surface area contributed by atoms with Crippen molar-refractivity contribution in [3.8, 4) is 0 Å². The molecule has 2 rings (SSSR count). The van der Waals surface area contributed by atoms with Crippen LogP contribution in [0, 0.1) is 5.82 Å². The summed E-state index contributed by atoms with van der Waals surface area (Å²) in [6.07, 6.45) is 0.858. The van der Waals surface area contributed by atoms with Gasteiger partial charge in [-0.25, -0.2) is 12.8 Å². The molecular weight excluding hydrogens is 293 g/mol. The van der Waals surface area contributed by atoms with Gasteiger partial charge in [0, 0.05) is 32.2 Å². The summed E-state index contributed by atoms with van der Waals surface area (Å²) >= 11 is 0. The molecule has 0 bridgehead atoms. The molecule has 0 aromatic heterocycles. The fraction of sp³-hybridized carbons (Fsp3) is 0.571. The van der Waals surface area contributed by atoms with Crippen molar-refractivity contribution in [3.05, 3.63) is 29.6 Å². The van der Waals surface area contributed by atoms with Crippen LogP contribution in [0.4, 0.5) is 4.39 Å². The van der Waals surface area contributed by atoms with Gasteiger partial charge in [0.15, 0.2) is 0 Å². The fourth-order valence-electron chi connectivity index (χ4n) is 2.60. The predicted octanol–water partition coefficient (Wildman–Crippen LogP) is 0.999. The molecule has 1 heterocycles. The van der Waals surface area contributed by atoms with Gasteiger partial charge >= 0.3 is 0 Å². The molecule has 0 saturated carbocycles. The predicted molar refractivity (Wildman–Crippen MR) is 79.8 cm³/mol. The van der Waals surface area contributed by atoms with Gasteiger partial charge in [-0.15, -0.1) is 0 Å². The van der Waals surface area contributed by atoms with Gasteiger partial charge in [0.2, 0.25) is 10.0 Å². The zero-order valence-electron chi connectivity index (χ0n) is 12.4. The lowest BCUT2D eigenvalue weighted by Crippen LogP contribution is -2.52. The summed E-state index contributed by atoms with van der Waals surface area (Å²) in [6.45, 7) is 3.64. The zero-order valence-corrected chi connectivity index (χ0v) is 13.2. The molecule has 0 spiro atoms. The number of sulfonamides is 1. The van der Waals surface area contributed by atoms with E-state index >= 15 is 0 Å². The second-order valence-corrected chi connectivity index (χ2v) is 7.28. The minimum Gasteiger partial charge on any atom is -0.326 e. The first-order valence-corrected chi connectivity index (χ1v) is 8.53. The second kappa shape index (κ2) is 6.39. The molecule has 0 aliphatic carbocycles. The first-order valence-electron chi connectivity index (χ1n) is 7.09. The quantitative estimate of drug-likeness (QED) is 0.900. The van der Waals surface area contributed by atoms with E-state index in [0.29, 0.717) is 25.2 Å². The number of nitrogens with two attached hydrogens (primary N) is 1. The first kappa shape index (κ1) is 16.4. The number of likely N-dealkylation sites (N-methyl/N-ethyl adjacent to an activating group) is 1. The number of piperazine rings is 1. The summed E-state index contributed by atoms with van der Waals surface area (Å²) in [4.78, 5) is 1.87. The molecule has 0 radical (unpaired) electrons. The summed E-state index contributed by atoms with van der Waals surface area (Å²) in [6, 6.07) is 4.23. The number of halogens is 1. The molecule has 1 aromatic rings. The summed E-state index contributed by atoms with van der Waals surface area (Å²) in [5.41, 5.74) is 6.02. The van der Waals surface area contributed by atoms with E-state index in [1.165, 1.54) is 16.4 Å². The largest absolute Gasteiger partial charge is 0.326 e. The van der Waals surface area contributed by atoms with Crippen molar-refractivity contribution in [1.82, 2.24) is 9.21 Å². The van der Waals surface area contributed by atoms with E-state index in [0.717, 1.165) is 6.42 Å². The van der Waals surface area contributed by atoms with Gasteiger partial charge in [0.1, 0.15) is 10.7 Å². The van der Waals surface area contributed by atoms with Crippen LogP contribution in [0.2, 0.25) is 0 Å². The van der Waals surface area contributed by atoms with Crippen molar-refractivity contribution in [2.45, 2.75) is 30.8 Å². The fourth-order valence-corrected chi connectivity index (χ4v) is 4.11. The molecule has 1 atom stereocenters. The van der Waals surface area contributed by atoms with Crippen LogP contribution < -0.4 is 5.73 Å². The molecular formula is C14H22FN3O2S. The number of benzene rings is 1. The van der Waals surface area contributed by atoms with E-state index in [4.69, 9.17) is 5.73 Å². The second-order valence-electron chi connectivity index (χ2n) is 5.37. The van der Waals surface area contributed by atoms with E-state index < -0.39 is 15.8 Å². The van der Waals surface area contributed by atoms with Crippen molar-refractivity contribution in [1.29, 1.82) is 0 Å². The maximum absolute atomic E-state index is 14.1. The van der Waals surface area contributed by atoms with Crippen LogP contribution in [-0.4, -0.2) is 50.3 Å². The van der Waals surface area contributed by atoms with Gasteiger partial charge in [0.25, 0.3) is 0 Å². The van der Waals surface area contributed by atoms with Crippen LogP contribution in [0.1, 0.15) is 18.9 Å².